The lowest BCUT2D eigenvalue weighted by atomic mass is 9.97. The molecular formula is C11H20N2S. The molecule has 80 valence electrons. The van der Waals surface area contributed by atoms with Crippen molar-refractivity contribution in [3.05, 3.63) is 0 Å². The Kier molecular flexibility index (Phi) is 4.77. The maximum Gasteiger partial charge on any atom is 0.118 e. The highest BCUT2D eigenvalue weighted by Crippen LogP contribution is 2.41. The minimum Gasteiger partial charge on any atom is -0.298 e. The molecule has 1 atom stereocenters. The third-order valence-electron chi connectivity index (χ3n) is 2.70. The van der Waals surface area contributed by atoms with E-state index in [0.29, 0.717) is 5.92 Å². The molecule has 0 radical (unpaired) electrons. The highest BCUT2D eigenvalue weighted by molar-refractivity contribution is 7.99. The molecule has 1 aliphatic rings. The quantitative estimate of drug-likeness (QED) is 0.704. The van der Waals surface area contributed by atoms with Gasteiger partial charge in [-0.15, -0.1) is 0 Å². The fourth-order valence-corrected chi connectivity index (χ4v) is 2.59. The van der Waals surface area contributed by atoms with E-state index in [1.54, 1.807) is 0 Å². The van der Waals surface area contributed by atoms with Gasteiger partial charge in [0.2, 0.25) is 0 Å². The Balaban J connectivity index is 2.51. The molecule has 0 heterocycles. The van der Waals surface area contributed by atoms with Crippen molar-refractivity contribution >= 4 is 11.8 Å². The summed E-state index contributed by atoms with van der Waals surface area (Å²) in [5.41, 5.74) is -0.226. The Morgan fingerprint density at radius 1 is 1.50 bits per heavy atom. The molecule has 3 heteroatoms. The Morgan fingerprint density at radius 3 is 2.64 bits per heavy atom. The van der Waals surface area contributed by atoms with Gasteiger partial charge in [0.1, 0.15) is 5.54 Å². The summed E-state index contributed by atoms with van der Waals surface area (Å²) < 4.78 is 0. The average molecular weight is 212 g/mol. The molecule has 0 aliphatic heterocycles. The Morgan fingerprint density at radius 2 is 2.21 bits per heavy atom. The topological polar surface area (TPSA) is 35.8 Å². The molecule has 2 nitrogen and oxygen atoms in total. The van der Waals surface area contributed by atoms with Crippen molar-refractivity contribution in [2.75, 3.05) is 18.1 Å². The highest BCUT2D eigenvalue weighted by Gasteiger charge is 2.44. The van der Waals surface area contributed by atoms with E-state index in [1.807, 2.05) is 11.8 Å². The molecule has 1 unspecified atom stereocenters. The third-order valence-corrected chi connectivity index (χ3v) is 3.77. The molecule has 0 aromatic rings. The summed E-state index contributed by atoms with van der Waals surface area (Å²) >= 11 is 1.87. The van der Waals surface area contributed by atoms with E-state index in [-0.39, 0.29) is 5.54 Å². The van der Waals surface area contributed by atoms with E-state index >= 15 is 0 Å². The van der Waals surface area contributed by atoms with Crippen molar-refractivity contribution in [3.63, 3.8) is 0 Å². The minimum atomic E-state index is -0.226. The number of thioether (sulfide) groups is 1. The van der Waals surface area contributed by atoms with Crippen LogP contribution in [0.15, 0.2) is 0 Å². The van der Waals surface area contributed by atoms with Crippen molar-refractivity contribution in [3.8, 4) is 6.07 Å². The van der Waals surface area contributed by atoms with Crippen LogP contribution in [0, 0.1) is 17.2 Å². The molecule has 0 aromatic heterocycles. The van der Waals surface area contributed by atoms with Gasteiger partial charge in [0.05, 0.1) is 6.07 Å². The molecule has 0 amide bonds. The van der Waals surface area contributed by atoms with Gasteiger partial charge in [-0.1, -0.05) is 13.8 Å². The van der Waals surface area contributed by atoms with Crippen molar-refractivity contribution in [2.45, 2.75) is 38.6 Å². The number of nitrogens with zero attached hydrogens (tertiary/aromatic N) is 1. The second-order valence-electron chi connectivity index (χ2n) is 3.92. The van der Waals surface area contributed by atoms with Gasteiger partial charge in [-0.05, 0) is 37.5 Å². The van der Waals surface area contributed by atoms with Crippen molar-refractivity contribution in [1.29, 1.82) is 5.26 Å². The number of rotatable bonds is 7. The zero-order valence-electron chi connectivity index (χ0n) is 9.18. The SMILES string of the molecule is CCCNC(C#N)(CSCC)C1CC1. The Hall–Kier alpha value is -0.200. The summed E-state index contributed by atoms with van der Waals surface area (Å²) in [6, 6.07) is 2.52. The van der Waals surface area contributed by atoms with E-state index in [1.165, 1.54) is 12.8 Å². The fourth-order valence-electron chi connectivity index (χ4n) is 1.66. The first-order valence-corrected chi connectivity index (χ1v) is 6.68. The average Bonchev–Trinajstić information content (AvgIpc) is 3.03. The smallest absolute Gasteiger partial charge is 0.118 e. The van der Waals surface area contributed by atoms with Crippen LogP contribution < -0.4 is 5.32 Å². The summed E-state index contributed by atoms with van der Waals surface area (Å²) in [5, 5.41) is 12.8. The molecule has 1 aliphatic carbocycles. The molecule has 1 saturated carbocycles. The van der Waals surface area contributed by atoms with E-state index in [2.05, 4.69) is 25.2 Å². The van der Waals surface area contributed by atoms with E-state index in [0.717, 1.165) is 24.5 Å². The van der Waals surface area contributed by atoms with E-state index < -0.39 is 0 Å². The van der Waals surface area contributed by atoms with Gasteiger partial charge in [-0.3, -0.25) is 5.32 Å². The summed E-state index contributed by atoms with van der Waals surface area (Å²) in [4.78, 5) is 0. The monoisotopic (exact) mass is 212 g/mol. The number of hydrogen-bond acceptors (Lipinski definition) is 3. The van der Waals surface area contributed by atoms with Gasteiger partial charge < -0.3 is 0 Å². The van der Waals surface area contributed by atoms with Crippen LogP contribution in [0.1, 0.15) is 33.1 Å². The van der Waals surface area contributed by atoms with Crippen LogP contribution in [0.5, 0.6) is 0 Å². The molecule has 0 aromatic carbocycles. The first-order chi connectivity index (χ1) is 6.79. The summed E-state index contributed by atoms with van der Waals surface area (Å²) in [6.07, 6.45) is 3.57. The van der Waals surface area contributed by atoms with Crippen LogP contribution in [-0.2, 0) is 0 Å². The standard InChI is InChI=1S/C11H20N2S/c1-3-7-13-11(8-12,9-14-4-2)10-5-6-10/h10,13H,3-7,9H2,1-2H3. The Labute approximate surface area is 91.4 Å². The fraction of sp³-hybridized carbons (Fsp3) is 0.909. The maximum atomic E-state index is 9.31. The summed E-state index contributed by atoms with van der Waals surface area (Å²) in [6.45, 7) is 5.27. The molecule has 1 rings (SSSR count). The zero-order chi connectivity index (χ0) is 10.4. The molecule has 0 spiro atoms. The summed E-state index contributed by atoms with van der Waals surface area (Å²) in [7, 11) is 0. The van der Waals surface area contributed by atoms with Crippen LogP contribution >= 0.6 is 11.8 Å². The predicted molar refractivity (Wildman–Crippen MR) is 62.4 cm³/mol. The highest BCUT2D eigenvalue weighted by atomic mass is 32.2. The van der Waals surface area contributed by atoms with E-state index in [4.69, 9.17) is 0 Å². The second kappa shape index (κ2) is 5.63. The molecule has 0 saturated heterocycles. The molecule has 1 N–H and O–H groups in total. The zero-order valence-corrected chi connectivity index (χ0v) is 9.99. The van der Waals surface area contributed by atoms with Crippen LogP contribution in [0.25, 0.3) is 0 Å². The van der Waals surface area contributed by atoms with E-state index in [9.17, 15) is 5.26 Å². The van der Waals surface area contributed by atoms with Crippen LogP contribution in [-0.4, -0.2) is 23.6 Å². The number of nitriles is 1. The molecule has 0 bridgehead atoms. The predicted octanol–water partition coefficient (Wildman–Crippen LogP) is 2.41. The lowest BCUT2D eigenvalue weighted by molar-refractivity contribution is 0.406. The molecule has 14 heavy (non-hydrogen) atoms. The number of hydrogen-bond donors (Lipinski definition) is 1. The largest absolute Gasteiger partial charge is 0.298 e. The van der Waals surface area contributed by atoms with Crippen LogP contribution in [0.4, 0.5) is 0 Å². The maximum absolute atomic E-state index is 9.31. The van der Waals surface area contributed by atoms with Gasteiger partial charge in [0.25, 0.3) is 0 Å². The lowest BCUT2D eigenvalue weighted by Gasteiger charge is -2.27. The molecule has 1 fully saturated rings. The van der Waals surface area contributed by atoms with Crippen molar-refractivity contribution in [2.24, 2.45) is 5.92 Å². The summed E-state index contributed by atoms with van der Waals surface area (Å²) in [5.74, 6) is 2.66. The Bertz CT molecular complexity index is 198. The minimum absolute atomic E-state index is 0.226. The van der Waals surface area contributed by atoms with Crippen LogP contribution in [0.2, 0.25) is 0 Å². The normalized spacial score (nSPS) is 20.1. The van der Waals surface area contributed by atoms with Crippen LogP contribution in [0.3, 0.4) is 0 Å². The second-order valence-corrected chi connectivity index (χ2v) is 5.20. The van der Waals surface area contributed by atoms with Gasteiger partial charge in [-0.25, -0.2) is 0 Å². The molecular weight excluding hydrogens is 192 g/mol. The van der Waals surface area contributed by atoms with Gasteiger partial charge in [0, 0.05) is 5.75 Å². The first-order valence-electron chi connectivity index (χ1n) is 5.53. The van der Waals surface area contributed by atoms with Gasteiger partial charge in [-0.2, -0.15) is 17.0 Å². The lowest BCUT2D eigenvalue weighted by Crippen LogP contribution is -2.48. The first kappa shape index (κ1) is 11.9. The number of nitrogens with one attached hydrogen (secondary N) is 1. The van der Waals surface area contributed by atoms with Crippen molar-refractivity contribution in [1.82, 2.24) is 5.32 Å². The van der Waals surface area contributed by atoms with Gasteiger partial charge >= 0.3 is 0 Å². The van der Waals surface area contributed by atoms with Crippen molar-refractivity contribution < 1.29 is 0 Å². The van der Waals surface area contributed by atoms with Gasteiger partial charge in [0.15, 0.2) is 0 Å². The third kappa shape index (κ3) is 2.90.